The number of benzene rings is 2. The highest BCUT2D eigenvalue weighted by Gasteiger charge is 2.26. The Morgan fingerprint density at radius 1 is 1.31 bits per heavy atom. The van der Waals surface area contributed by atoms with Crippen molar-refractivity contribution in [2.75, 3.05) is 19.0 Å². The molecule has 2 aromatic carbocycles. The monoisotopic (exact) mass is 371 g/mol. The van der Waals surface area contributed by atoms with E-state index in [1.54, 1.807) is 7.11 Å². The predicted molar refractivity (Wildman–Crippen MR) is 102 cm³/mol. The second kappa shape index (κ2) is 6.42. The highest BCUT2D eigenvalue weighted by molar-refractivity contribution is 6.32. The Morgan fingerprint density at radius 3 is 2.88 bits per heavy atom. The molecule has 4 rings (SSSR count). The fourth-order valence-corrected chi connectivity index (χ4v) is 3.39. The molecule has 0 radical (unpaired) electrons. The number of nitrogens with one attached hydrogen (secondary N) is 1. The molecule has 0 spiro atoms. The van der Waals surface area contributed by atoms with Gasteiger partial charge in [-0.2, -0.15) is 0 Å². The SMILES string of the molecule is CCOc1c(Cl)cc([C@@H]2N=C(N)Nc3nc4ccccc4n32)cc1OC. The number of hydrogen-bond donors (Lipinski definition) is 2. The van der Waals surface area contributed by atoms with E-state index in [1.165, 1.54) is 0 Å². The number of nitrogens with two attached hydrogens (primary N) is 1. The summed E-state index contributed by atoms with van der Waals surface area (Å²) in [7, 11) is 1.58. The summed E-state index contributed by atoms with van der Waals surface area (Å²) >= 11 is 6.44. The van der Waals surface area contributed by atoms with E-state index in [1.807, 2.05) is 47.9 Å². The summed E-state index contributed by atoms with van der Waals surface area (Å²) in [5.74, 6) is 1.99. The highest BCUT2D eigenvalue weighted by atomic mass is 35.5. The Labute approximate surface area is 155 Å². The van der Waals surface area contributed by atoms with Crippen molar-refractivity contribution in [3.8, 4) is 11.5 Å². The van der Waals surface area contributed by atoms with Gasteiger partial charge in [0.15, 0.2) is 23.6 Å². The van der Waals surface area contributed by atoms with Gasteiger partial charge in [-0.05, 0) is 31.2 Å². The third-order valence-corrected chi connectivity index (χ3v) is 4.46. The number of anilines is 1. The second-order valence-electron chi connectivity index (χ2n) is 5.77. The fraction of sp³-hybridized carbons (Fsp3) is 0.222. The van der Waals surface area contributed by atoms with Crippen LogP contribution < -0.4 is 20.5 Å². The van der Waals surface area contributed by atoms with Gasteiger partial charge in [-0.15, -0.1) is 0 Å². The number of methoxy groups -OCH3 is 1. The molecular formula is C18H18ClN5O2. The van der Waals surface area contributed by atoms with Gasteiger partial charge in [0.05, 0.1) is 29.8 Å². The van der Waals surface area contributed by atoms with E-state index in [0.717, 1.165) is 16.6 Å². The molecule has 134 valence electrons. The molecule has 1 aromatic heterocycles. The zero-order chi connectivity index (χ0) is 18.3. The molecule has 0 fully saturated rings. The second-order valence-corrected chi connectivity index (χ2v) is 6.18. The van der Waals surface area contributed by atoms with Crippen molar-refractivity contribution < 1.29 is 9.47 Å². The maximum absolute atomic E-state index is 6.44. The van der Waals surface area contributed by atoms with Gasteiger partial charge >= 0.3 is 0 Å². The number of guanidine groups is 1. The first-order chi connectivity index (χ1) is 12.6. The number of para-hydroxylation sites is 2. The van der Waals surface area contributed by atoms with Crippen LogP contribution in [0.1, 0.15) is 18.7 Å². The van der Waals surface area contributed by atoms with Crippen molar-refractivity contribution in [3.05, 3.63) is 47.0 Å². The van der Waals surface area contributed by atoms with Crippen LogP contribution in [0.2, 0.25) is 5.02 Å². The quantitative estimate of drug-likeness (QED) is 0.734. The average Bonchev–Trinajstić information content (AvgIpc) is 3.00. The normalized spacial score (nSPS) is 16.0. The lowest BCUT2D eigenvalue weighted by atomic mass is 10.1. The van der Waals surface area contributed by atoms with Crippen LogP contribution in [0.25, 0.3) is 11.0 Å². The summed E-state index contributed by atoms with van der Waals surface area (Å²) < 4.78 is 13.0. The maximum atomic E-state index is 6.44. The molecule has 1 aliphatic heterocycles. The van der Waals surface area contributed by atoms with E-state index in [9.17, 15) is 0 Å². The van der Waals surface area contributed by atoms with Crippen LogP contribution >= 0.6 is 11.6 Å². The average molecular weight is 372 g/mol. The molecule has 1 atom stereocenters. The molecular weight excluding hydrogens is 354 g/mol. The smallest absolute Gasteiger partial charge is 0.212 e. The van der Waals surface area contributed by atoms with Crippen LogP contribution in [0.3, 0.4) is 0 Å². The Morgan fingerprint density at radius 2 is 2.12 bits per heavy atom. The summed E-state index contributed by atoms with van der Waals surface area (Å²) in [6.07, 6.45) is -0.416. The summed E-state index contributed by atoms with van der Waals surface area (Å²) in [4.78, 5) is 9.15. The fourth-order valence-electron chi connectivity index (χ4n) is 3.11. The lowest BCUT2D eigenvalue weighted by molar-refractivity contribution is 0.310. The number of aromatic nitrogens is 2. The van der Waals surface area contributed by atoms with Gasteiger partial charge in [-0.3, -0.25) is 9.88 Å². The lowest BCUT2D eigenvalue weighted by Crippen LogP contribution is -2.31. The van der Waals surface area contributed by atoms with E-state index in [2.05, 4.69) is 15.3 Å². The van der Waals surface area contributed by atoms with E-state index < -0.39 is 6.17 Å². The first kappa shape index (κ1) is 16.5. The van der Waals surface area contributed by atoms with Gasteiger partial charge in [0, 0.05) is 5.56 Å². The molecule has 0 amide bonds. The van der Waals surface area contributed by atoms with Gasteiger partial charge in [0.2, 0.25) is 5.95 Å². The van der Waals surface area contributed by atoms with Gasteiger partial charge in [-0.1, -0.05) is 23.7 Å². The summed E-state index contributed by atoms with van der Waals surface area (Å²) in [6.45, 7) is 2.38. The van der Waals surface area contributed by atoms with Crippen molar-refractivity contribution in [3.63, 3.8) is 0 Å². The third kappa shape index (κ3) is 2.61. The number of hydrogen-bond acceptors (Lipinski definition) is 6. The molecule has 0 saturated carbocycles. The number of aliphatic imine (C=N–C) groups is 1. The van der Waals surface area contributed by atoms with Gasteiger partial charge in [0.1, 0.15) is 0 Å². The van der Waals surface area contributed by atoms with Crippen LogP contribution in [0.5, 0.6) is 11.5 Å². The Kier molecular flexibility index (Phi) is 4.08. The summed E-state index contributed by atoms with van der Waals surface area (Å²) in [5.41, 5.74) is 8.61. The lowest BCUT2D eigenvalue weighted by Gasteiger charge is -2.24. The molecule has 26 heavy (non-hydrogen) atoms. The van der Waals surface area contributed by atoms with Gasteiger partial charge in [-0.25, -0.2) is 9.98 Å². The topological polar surface area (TPSA) is 86.7 Å². The number of halogens is 1. The predicted octanol–water partition coefficient (Wildman–Crippen LogP) is 3.38. The van der Waals surface area contributed by atoms with Crippen molar-refractivity contribution in [1.29, 1.82) is 0 Å². The van der Waals surface area contributed by atoms with Crippen LogP contribution in [-0.4, -0.2) is 29.2 Å². The van der Waals surface area contributed by atoms with Crippen LogP contribution in [-0.2, 0) is 0 Å². The van der Waals surface area contributed by atoms with Crippen LogP contribution in [0.4, 0.5) is 5.95 Å². The zero-order valence-electron chi connectivity index (χ0n) is 14.4. The maximum Gasteiger partial charge on any atom is 0.212 e. The van der Waals surface area contributed by atoms with E-state index >= 15 is 0 Å². The molecule has 8 heteroatoms. The van der Waals surface area contributed by atoms with E-state index in [-0.39, 0.29) is 0 Å². The molecule has 7 nitrogen and oxygen atoms in total. The molecule has 3 aromatic rings. The molecule has 0 bridgehead atoms. The minimum Gasteiger partial charge on any atom is -0.493 e. The van der Waals surface area contributed by atoms with Gasteiger partial charge in [0.25, 0.3) is 0 Å². The largest absolute Gasteiger partial charge is 0.493 e. The number of imidazole rings is 1. The Hall–Kier alpha value is -2.93. The molecule has 0 unspecified atom stereocenters. The molecule has 2 heterocycles. The van der Waals surface area contributed by atoms with Crippen LogP contribution in [0, 0.1) is 0 Å². The van der Waals surface area contributed by atoms with Crippen molar-refractivity contribution in [1.82, 2.24) is 9.55 Å². The highest BCUT2D eigenvalue weighted by Crippen LogP contribution is 2.41. The first-order valence-electron chi connectivity index (χ1n) is 8.20. The number of nitrogens with zero attached hydrogens (tertiary/aromatic N) is 3. The standard InChI is InChI=1S/C18H18ClN5O2/c1-3-26-15-11(19)8-10(9-14(15)25-2)16-22-17(20)23-18-21-12-6-4-5-7-13(12)24(16)18/h4-9,16H,3H2,1-2H3,(H3,20,21,22,23)/t16-/m1/s1. The van der Waals surface area contributed by atoms with Crippen LogP contribution in [0.15, 0.2) is 41.4 Å². The number of ether oxygens (including phenoxy) is 2. The molecule has 0 saturated heterocycles. The molecule has 1 aliphatic rings. The van der Waals surface area contributed by atoms with Crippen molar-refractivity contribution in [2.45, 2.75) is 13.1 Å². The zero-order valence-corrected chi connectivity index (χ0v) is 15.1. The van der Waals surface area contributed by atoms with Crippen molar-refractivity contribution in [2.24, 2.45) is 10.7 Å². The Bertz CT molecular complexity index is 1010. The Balaban J connectivity index is 1.90. The summed E-state index contributed by atoms with van der Waals surface area (Å²) in [6, 6.07) is 11.5. The molecule has 3 N–H and O–H groups in total. The number of rotatable bonds is 4. The van der Waals surface area contributed by atoms with E-state index in [0.29, 0.717) is 35.0 Å². The molecule has 0 aliphatic carbocycles. The van der Waals surface area contributed by atoms with E-state index in [4.69, 9.17) is 26.8 Å². The third-order valence-electron chi connectivity index (χ3n) is 4.18. The minimum absolute atomic E-state index is 0.293. The number of fused-ring (bicyclic) bond motifs is 3. The van der Waals surface area contributed by atoms with Gasteiger partial charge < -0.3 is 15.2 Å². The summed E-state index contributed by atoms with van der Waals surface area (Å²) in [5, 5.41) is 3.47. The van der Waals surface area contributed by atoms with Crippen molar-refractivity contribution >= 4 is 34.5 Å². The minimum atomic E-state index is -0.416. The first-order valence-corrected chi connectivity index (χ1v) is 8.57.